The van der Waals surface area contributed by atoms with Crippen molar-refractivity contribution in [2.75, 3.05) is 27.4 Å². The SMILES string of the molecule is C=CCOc1c(I)cc(C=C2SC(=Nc3ccc(C(=O)OCC)cc3)N(C)C2=O)cc1OC. The Hall–Kier alpha value is -2.79. The molecule has 0 bridgehead atoms. The van der Waals surface area contributed by atoms with Crippen LogP contribution < -0.4 is 9.47 Å². The van der Waals surface area contributed by atoms with Gasteiger partial charge in [0.25, 0.3) is 5.91 Å². The quantitative estimate of drug-likeness (QED) is 0.184. The van der Waals surface area contributed by atoms with Crippen LogP contribution >= 0.6 is 34.4 Å². The van der Waals surface area contributed by atoms with Crippen LogP contribution in [0.1, 0.15) is 22.8 Å². The first-order valence-electron chi connectivity index (χ1n) is 10.0. The van der Waals surface area contributed by atoms with Crippen molar-refractivity contribution in [1.29, 1.82) is 0 Å². The van der Waals surface area contributed by atoms with Gasteiger partial charge < -0.3 is 14.2 Å². The van der Waals surface area contributed by atoms with Crippen LogP contribution in [-0.4, -0.2) is 49.3 Å². The third kappa shape index (κ3) is 5.97. The molecule has 33 heavy (non-hydrogen) atoms. The molecule has 1 aliphatic heterocycles. The lowest BCUT2D eigenvalue weighted by molar-refractivity contribution is -0.121. The van der Waals surface area contributed by atoms with Crippen molar-refractivity contribution in [3.8, 4) is 11.5 Å². The van der Waals surface area contributed by atoms with Crippen molar-refractivity contribution in [2.24, 2.45) is 4.99 Å². The van der Waals surface area contributed by atoms with Gasteiger partial charge in [0, 0.05) is 7.05 Å². The predicted octanol–water partition coefficient (Wildman–Crippen LogP) is 5.28. The summed E-state index contributed by atoms with van der Waals surface area (Å²) in [6.45, 7) is 6.11. The van der Waals surface area contributed by atoms with Crippen LogP contribution in [0.25, 0.3) is 6.08 Å². The Morgan fingerprint density at radius 1 is 1.27 bits per heavy atom. The minimum atomic E-state index is -0.379. The number of rotatable bonds is 8. The molecule has 9 heteroatoms. The van der Waals surface area contributed by atoms with Gasteiger partial charge >= 0.3 is 5.97 Å². The molecular weight excluding hydrogens is 555 g/mol. The average molecular weight is 578 g/mol. The van der Waals surface area contributed by atoms with Crippen molar-refractivity contribution < 1.29 is 23.8 Å². The van der Waals surface area contributed by atoms with Crippen LogP contribution in [-0.2, 0) is 9.53 Å². The molecule has 0 N–H and O–H groups in total. The number of aliphatic imine (C=N–C) groups is 1. The van der Waals surface area contributed by atoms with E-state index in [1.165, 1.54) is 16.7 Å². The van der Waals surface area contributed by atoms with Crippen LogP contribution in [0.5, 0.6) is 11.5 Å². The summed E-state index contributed by atoms with van der Waals surface area (Å²) >= 11 is 3.46. The number of amidine groups is 1. The molecule has 1 fully saturated rings. The summed E-state index contributed by atoms with van der Waals surface area (Å²) in [4.78, 5) is 31.2. The summed E-state index contributed by atoms with van der Waals surface area (Å²) in [6, 6.07) is 10.5. The zero-order valence-corrected chi connectivity index (χ0v) is 21.4. The van der Waals surface area contributed by atoms with Crippen molar-refractivity contribution >= 4 is 63.2 Å². The van der Waals surface area contributed by atoms with Gasteiger partial charge in [0.05, 0.1) is 33.4 Å². The first-order valence-corrected chi connectivity index (χ1v) is 11.9. The van der Waals surface area contributed by atoms with E-state index in [1.807, 2.05) is 12.1 Å². The minimum Gasteiger partial charge on any atom is -0.493 e. The summed E-state index contributed by atoms with van der Waals surface area (Å²) in [5.41, 5.74) is 1.90. The molecule has 2 aromatic rings. The fourth-order valence-electron chi connectivity index (χ4n) is 2.91. The molecule has 0 radical (unpaired) electrons. The van der Waals surface area contributed by atoms with Crippen LogP contribution in [0.2, 0.25) is 0 Å². The fourth-order valence-corrected chi connectivity index (χ4v) is 4.67. The Kier molecular flexibility index (Phi) is 8.56. The molecular formula is C24H23IN2O5S. The molecule has 172 valence electrons. The Morgan fingerprint density at radius 2 is 2.00 bits per heavy atom. The summed E-state index contributed by atoms with van der Waals surface area (Å²) in [5, 5.41) is 0.544. The Morgan fingerprint density at radius 3 is 2.64 bits per heavy atom. The van der Waals surface area contributed by atoms with Gasteiger partial charge in [-0.1, -0.05) is 12.7 Å². The standard InChI is InChI=1S/C24H23IN2O5S/c1-5-11-32-21-18(25)12-15(13-19(21)30-4)14-20-22(28)27(3)24(33-20)26-17-9-7-16(8-10-17)23(29)31-6-2/h5,7-10,12-14H,1,6,11H2,2-4H3. The molecule has 0 spiro atoms. The third-order valence-electron chi connectivity index (χ3n) is 4.50. The highest BCUT2D eigenvalue weighted by Gasteiger charge is 2.30. The van der Waals surface area contributed by atoms with Gasteiger partial charge in [0.15, 0.2) is 16.7 Å². The molecule has 7 nitrogen and oxygen atoms in total. The number of carbonyl (C=O) groups excluding carboxylic acids is 2. The highest BCUT2D eigenvalue weighted by atomic mass is 127. The second-order valence-corrected chi connectivity index (χ2v) is 8.94. The lowest BCUT2D eigenvalue weighted by Crippen LogP contribution is -2.23. The number of methoxy groups -OCH3 is 1. The van der Waals surface area contributed by atoms with Gasteiger partial charge in [-0.3, -0.25) is 9.69 Å². The molecule has 0 unspecified atom stereocenters. The molecule has 0 aliphatic carbocycles. The number of ether oxygens (including phenoxy) is 3. The number of amides is 1. The van der Waals surface area contributed by atoms with Gasteiger partial charge in [-0.15, -0.1) is 0 Å². The van der Waals surface area contributed by atoms with Gasteiger partial charge in [0.2, 0.25) is 0 Å². The number of halogens is 1. The van der Waals surface area contributed by atoms with Gasteiger partial charge in [0.1, 0.15) is 6.61 Å². The van der Waals surface area contributed by atoms with E-state index in [0.29, 0.717) is 46.0 Å². The maximum Gasteiger partial charge on any atom is 0.338 e. The number of hydrogen-bond acceptors (Lipinski definition) is 7. The summed E-state index contributed by atoms with van der Waals surface area (Å²) in [7, 11) is 3.25. The highest BCUT2D eigenvalue weighted by molar-refractivity contribution is 14.1. The van der Waals surface area contributed by atoms with Gasteiger partial charge in [-0.25, -0.2) is 9.79 Å². The Labute approximate surface area is 210 Å². The zero-order valence-electron chi connectivity index (χ0n) is 18.5. The molecule has 3 rings (SSSR count). The normalized spacial score (nSPS) is 15.8. The van der Waals surface area contributed by atoms with E-state index in [1.54, 1.807) is 57.5 Å². The van der Waals surface area contributed by atoms with Crippen LogP contribution in [0.15, 0.2) is 59.0 Å². The number of likely N-dealkylation sites (N-methyl/N-ethyl adjacent to an activating group) is 1. The maximum atomic E-state index is 12.8. The van der Waals surface area contributed by atoms with Crippen molar-refractivity contribution in [2.45, 2.75) is 6.92 Å². The van der Waals surface area contributed by atoms with Crippen molar-refractivity contribution in [1.82, 2.24) is 4.90 Å². The first-order chi connectivity index (χ1) is 15.9. The molecule has 0 atom stereocenters. The van der Waals surface area contributed by atoms with E-state index in [-0.39, 0.29) is 11.9 Å². The molecule has 0 saturated carbocycles. The lowest BCUT2D eigenvalue weighted by atomic mass is 10.2. The molecule has 1 aliphatic rings. The van der Waals surface area contributed by atoms with Crippen LogP contribution in [0.4, 0.5) is 5.69 Å². The van der Waals surface area contributed by atoms with E-state index in [9.17, 15) is 9.59 Å². The van der Waals surface area contributed by atoms with E-state index in [2.05, 4.69) is 34.2 Å². The maximum absolute atomic E-state index is 12.8. The number of benzene rings is 2. The summed E-state index contributed by atoms with van der Waals surface area (Å²) < 4.78 is 17.0. The van der Waals surface area contributed by atoms with E-state index in [4.69, 9.17) is 14.2 Å². The second kappa shape index (κ2) is 11.4. The average Bonchev–Trinajstić information content (AvgIpc) is 3.06. The van der Waals surface area contributed by atoms with Crippen molar-refractivity contribution in [3.63, 3.8) is 0 Å². The molecule has 1 saturated heterocycles. The van der Waals surface area contributed by atoms with Crippen LogP contribution in [0.3, 0.4) is 0 Å². The largest absolute Gasteiger partial charge is 0.493 e. The van der Waals surface area contributed by atoms with Gasteiger partial charge in [-0.05, 0) is 89.3 Å². The van der Waals surface area contributed by atoms with Crippen LogP contribution in [0, 0.1) is 3.57 Å². The monoisotopic (exact) mass is 578 g/mol. The van der Waals surface area contributed by atoms with E-state index in [0.717, 1.165) is 9.13 Å². The summed E-state index contributed by atoms with van der Waals surface area (Å²) in [5.74, 6) is 0.685. The highest BCUT2D eigenvalue weighted by Crippen LogP contribution is 2.37. The molecule has 1 amide bonds. The minimum absolute atomic E-state index is 0.150. The molecule has 2 aromatic carbocycles. The lowest BCUT2D eigenvalue weighted by Gasteiger charge is -2.12. The third-order valence-corrected chi connectivity index (χ3v) is 6.36. The topological polar surface area (TPSA) is 77.4 Å². The van der Waals surface area contributed by atoms with E-state index >= 15 is 0 Å². The Bertz CT molecular complexity index is 1130. The predicted molar refractivity (Wildman–Crippen MR) is 139 cm³/mol. The number of esters is 1. The van der Waals surface area contributed by atoms with E-state index < -0.39 is 0 Å². The summed E-state index contributed by atoms with van der Waals surface area (Å²) in [6.07, 6.45) is 3.47. The molecule has 0 aromatic heterocycles. The number of nitrogens with zero attached hydrogens (tertiary/aromatic N) is 2. The Balaban J connectivity index is 1.84. The smallest absolute Gasteiger partial charge is 0.338 e. The number of hydrogen-bond donors (Lipinski definition) is 0. The first kappa shape index (κ1) is 24.8. The number of carbonyl (C=O) groups is 2. The molecule has 1 heterocycles. The van der Waals surface area contributed by atoms with Gasteiger partial charge in [-0.2, -0.15) is 0 Å². The number of thioether (sulfide) groups is 1. The zero-order chi connectivity index (χ0) is 24.0. The second-order valence-electron chi connectivity index (χ2n) is 6.77. The fraction of sp³-hybridized carbons (Fsp3) is 0.208. The van der Waals surface area contributed by atoms with Crippen molar-refractivity contribution in [3.05, 3.63) is 68.7 Å².